The zero-order valence-corrected chi connectivity index (χ0v) is 21.1. The van der Waals surface area contributed by atoms with Crippen molar-refractivity contribution < 1.29 is 9.53 Å². The number of carbonyl (C=O) groups is 1. The summed E-state index contributed by atoms with van der Waals surface area (Å²) in [5.74, 6) is 4.45. The number of rotatable bonds is 8. The van der Waals surface area contributed by atoms with Crippen molar-refractivity contribution in [3.8, 4) is 17.1 Å². The molecule has 3 aromatic carbocycles. The number of H-pyrrole nitrogens is 1. The van der Waals surface area contributed by atoms with Crippen LogP contribution >= 0.6 is 11.8 Å². The van der Waals surface area contributed by atoms with Gasteiger partial charge in [-0.05, 0) is 59.7 Å². The molecule has 1 aromatic heterocycles. The van der Waals surface area contributed by atoms with Gasteiger partial charge in [0, 0.05) is 54.4 Å². The van der Waals surface area contributed by atoms with Crippen LogP contribution in [0.2, 0.25) is 0 Å². The standard InChI is InChI=1S/C28H29N5O2S/c1-35-25-7-3-4-20(17-25)18-26-30-27(32-31-26)22-8-10-24(11-9-22)29-28(34)23-6-2-5-21(16-23)19-33-12-14-36-15-13-33/h2-11,16-17H,12-15,18-19H2,1H3,(H,29,34)(H,30,31,32). The van der Waals surface area contributed by atoms with Crippen LogP contribution in [0.15, 0.2) is 72.8 Å². The van der Waals surface area contributed by atoms with Gasteiger partial charge in [0.15, 0.2) is 5.82 Å². The van der Waals surface area contributed by atoms with Gasteiger partial charge >= 0.3 is 0 Å². The van der Waals surface area contributed by atoms with E-state index < -0.39 is 0 Å². The molecular formula is C28H29N5O2S. The summed E-state index contributed by atoms with van der Waals surface area (Å²) in [6.07, 6.45) is 0.633. The van der Waals surface area contributed by atoms with E-state index in [1.807, 2.05) is 78.5 Å². The van der Waals surface area contributed by atoms with Crippen LogP contribution in [0.5, 0.6) is 5.75 Å². The number of carbonyl (C=O) groups excluding carboxylic acids is 1. The van der Waals surface area contributed by atoms with Gasteiger partial charge in [-0.3, -0.25) is 14.8 Å². The number of ether oxygens (including phenoxy) is 1. The van der Waals surface area contributed by atoms with Crippen LogP contribution in [-0.2, 0) is 13.0 Å². The minimum absolute atomic E-state index is 0.114. The van der Waals surface area contributed by atoms with E-state index in [0.717, 1.165) is 48.0 Å². The molecule has 2 N–H and O–H groups in total. The second-order valence-electron chi connectivity index (χ2n) is 8.75. The van der Waals surface area contributed by atoms with Gasteiger partial charge < -0.3 is 10.1 Å². The molecule has 4 aromatic rings. The average molecular weight is 500 g/mol. The minimum Gasteiger partial charge on any atom is -0.497 e. The number of amides is 1. The molecule has 1 amide bonds. The molecular weight excluding hydrogens is 470 g/mol. The molecule has 1 saturated heterocycles. The van der Waals surface area contributed by atoms with Crippen LogP contribution in [0.25, 0.3) is 11.4 Å². The Morgan fingerprint density at radius 3 is 2.61 bits per heavy atom. The molecule has 0 aliphatic carbocycles. The van der Waals surface area contributed by atoms with Crippen molar-refractivity contribution in [1.29, 1.82) is 0 Å². The lowest BCUT2D eigenvalue weighted by Crippen LogP contribution is -2.32. The SMILES string of the molecule is COc1cccc(Cc2nc(-c3ccc(NC(=O)c4cccc(CN5CCSCC5)c4)cc3)n[nH]2)c1. The van der Waals surface area contributed by atoms with Gasteiger partial charge in [0.25, 0.3) is 5.91 Å². The van der Waals surface area contributed by atoms with Gasteiger partial charge in [0.05, 0.1) is 7.11 Å². The van der Waals surface area contributed by atoms with E-state index in [0.29, 0.717) is 17.8 Å². The highest BCUT2D eigenvalue weighted by Gasteiger charge is 2.13. The van der Waals surface area contributed by atoms with Gasteiger partial charge in [-0.1, -0.05) is 24.3 Å². The molecule has 2 heterocycles. The summed E-state index contributed by atoms with van der Waals surface area (Å²) in [5.41, 5.74) is 4.53. The van der Waals surface area contributed by atoms with Crippen molar-refractivity contribution >= 4 is 23.4 Å². The molecule has 7 nitrogen and oxygen atoms in total. The van der Waals surface area contributed by atoms with Crippen LogP contribution < -0.4 is 10.1 Å². The molecule has 0 unspecified atom stereocenters. The number of methoxy groups -OCH3 is 1. The third-order valence-corrected chi connectivity index (χ3v) is 7.08. The Kier molecular flexibility index (Phi) is 7.64. The summed E-state index contributed by atoms with van der Waals surface area (Å²) in [6, 6.07) is 23.4. The number of anilines is 1. The molecule has 0 saturated carbocycles. The monoisotopic (exact) mass is 499 g/mol. The van der Waals surface area contributed by atoms with Crippen molar-refractivity contribution in [2.75, 3.05) is 37.0 Å². The number of nitrogens with one attached hydrogen (secondary N) is 2. The maximum Gasteiger partial charge on any atom is 0.255 e. The minimum atomic E-state index is -0.114. The van der Waals surface area contributed by atoms with E-state index in [9.17, 15) is 4.79 Å². The topological polar surface area (TPSA) is 83.1 Å². The maximum absolute atomic E-state index is 12.9. The van der Waals surface area contributed by atoms with Gasteiger partial charge in [-0.2, -0.15) is 16.9 Å². The van der Waals surface area contributed by atoms with E-state index in [-0.39, 0.29) is 5.91 Å². The van der Waals surface area contributed by atoms with E-state index in [1.165, 1.54) is 17.1 Å². The predicted molar refractivity (Wildman–Crippen MR) is 145 cm³/mol. The lowest BCUT2D eigenvalue weighted by molar-refractivity contribution is 0.102. The Balaban J connectivity index is 1.20. The number of hydrogen-bond donors (Lipinski definition) is 2. The lowest BCUT2D eigenvalue weighted by Gasteiger charge is -2.26. The first kappa shape index (κ1) is 24.1. The summed E-state index contributed by atoms with van der Waals surface area (Å²) in [4.78, 5) is 19.9. The first-order valence-electron chi connectivity index (χ1n) is 12.0. The number of benzene rings is 3. The summed E-state index contributed by atoms with van der Waals surface area (Å²) in [5, 5.41) is 10.4. The highest BCUT2D eigenvalue weighted by atomic mass is 32.2. The number of aromatic amines is 1. The molecule has 0 atom stereocenters. The number of hydrogen-bond acceptors (Lipinski definition) is 6. The first-order valence-corrected chi connectivity index (χ1v) is 13.2. The summed E-state index contributed by atoms with van der Waals surface area (Å²) in [6.45, 7) is 3.08. The molecule has 1 aliphatic rings. The van der Waals surface area contributed by atoms with Gasteiger partial charge in [-0.25, -0.2) is 4.98 Å². The lowest BCUT2D eigenvalue weighted by atomic mass is 10.1. The zero-order valence-electron chi connectivity index (χ0n) is 20.2. The molecule has 8 heteroatoms. The second-order valence-corrected chi connectivity index (χ2v) is 9.98. The van der Waals surface area contributed by atoms with Crippen molar-refractivity contribution in [3.05, 3.63) is 95.3 Å². The molecule has 5 rings (SSSR count). The molecule has 0 radical (unpaired) electrons. The molecule has 0 bridgehead atoms. The fourth-order valence-corrected chi connectivity index (χ4v) is 5.19. The van der Waals surface area contributed by atoms with Crippen LogP contribution in [0.4, 0.5) is 5.69 Å². The van der Waals surface area contributed by atoms with Gasteiger partial charge in [0.1, 0.15) is 11.6 Å². The van der Waals surface area contributed by atoms with Crippen LogP contribution in [-0.4, -0.2) is 57.7 Å². The largest absolute Gasteiger partial charge is 0.497 e. The number of aromatic nitrogens is 3. The summed E-state index contributed by atoms with van der Waals surface area (Å²) < 4.78 is 5.29. The zero-order chi connectivity index (χ0) is 24.7. The Morgan fingerprint density at radius 1 is 1.03 bits per heavy atom. The highest BCUT2D eigenvalue weighted by Crippen LogP contribution is 2.21. The van der Waals surface area contributed by atoms with Crippen molar-refractivity contribution in [2.24, 2.45) is 0 Å². The normalized spacial score (nSPS) is 13.9. The van der Waals surface area contributed by atoms with Crippen LogP contribution in [0.1, 0.15) is 27.3 Å². The van der Waals surface area contributed by atoms with Gasteiger partial charge in [0.2, 0.25) is 0 Å². The molecule has 0 spiro atoms. The van der Waals surface area contributed by atoms with E-state index in [1.54, 1.807) is 7.11 Å². The van der Waals surface area contributed by atoms with Crippen molar-refractivity contribution in [3.63, 3.8) is 0 Å². The fourth-order valence-electron chi connectivity index (χ4n) is 4.21. The quantitative estimate of drug-likeness (QED) is 0.360. The van der Waals surface area contributed by atoms with E-state index in [2.05, 4.69) is 31.5 Å². The molecule has 1 aliphatic heterocycles. The molecule has 1 fully saturated rings. The fraction of sp³-hybridized carbons (Fsp3) is 0.250. The Bertz CT molecular complexity index is 1320. The summed E-state index contributed by atoms with van der Waals surface area (Å²) >= 11 is 2.00. The molecule has 36 heavy (non-hydrogen) atoms. The third-order valence-electron chi connectivity index (χ3n) is 6.14. The average Bonchev–Trinajstić information content (AvgIpc) is 3.38. The van der Waals surface area contributed by atoms with Crippen molar-refractivity contribution in [2.45, 2.75) is 13.0 Å². The van der Waals surface area contributed by atoms with E-state index in [4.69, 9.17) is 4.74 Å². The highest BCUT2D eigenvalue weighted by molar-refractivity contribution is 7.99. The Morgan fingerprint density at radius 2 is 1.81 bits per heavy atom. The molecule has 184 valence electrons. The summed E-state index contributed by atoms with van der Waals surface area (Å²) in [7, 11) is 1.66. The smallest absolute Gasteiger partial charge is 0.255 e. The van der Waals surface area contributed by atoms with E-state index >= 15 is 0 Å². The van der Waals surface area contributed by atoms with Gasteiger partial charge in [-0.15, -0.1) is 0 Å². The Hall–Kier alpha value is -3.62. The Labute approximate surface area is 215 Å². The third kappa shape index (κ3) is 6.13. The number of thioether (sulfide) groups is 1. The predicted octanol–water partition coefficient (Wildman–Crippen LogP) is 4.87. The maximum atomic E-state index is 12.9. The van der Waals surface area contributed by atoms with Crippen molar-refractivity contribution in [1.82, 2.24) is 20.1 Å². The number of nitrogens with zero attached hydrogens (tertiary/aromatic N) is 3. The van der Waals surface area contributed by atoms with Crippen LogP contribution in [0, 0.1) is 0 Å². The van der Waals surface area contributed by atoms with Crippen LogP contribution in [0.3, 0.4) is 0 Å². The second kappa shape index (κ2) is 11.4. The first-order chi connectivity index (χ1) is 17.7.